The van der Waals surface area contributed by atoms with Crippen LogP contribution in [0.25, 0.3) is 10.6 Å². The summed E-state index contributed by atoms with van der Waals surface area (Å²) in [7, 11) is 4.23. The summed E-state index contributed by atoms with van der Waals surface area (Å²) in [4.78, 5) is 18.0. The van der Waals surface area contributed by atoms with E-state index < -0.39 is 0 Å². The van der Waals surface area contributed by atoms with Crippen molar-refractivity contribution >= 4 is 29.0 Å². The molecule has 0 unspecified atom stereocenters. The van der Waals surface area contributed by atoms with Gasteiger partial charge in [0.25, 0.3) is 0 Å². The molecule has 1 fully saturated rings. The SMILES string of the molecule is CN(C)CCN1CCC(CNC(=O)CSCc2cc(-c3cccs3)on2)CC1. The predicted octanol–water partition coefficient (Wildman–Crippen LogP) is 3.03. The molecule has 0 aliphatic carbocycles. The van der Waals surface area contributed by atoms with Crippen molar-refractivity contribution < 1.29 is 9.32 Å². The van der Waals surface area contributed by atoms with Crippen LogP contribution in [0.4, 0.5) is 0 Å². The maximum atomic E-state index is 12.1. The molecule has 0 bridgehead atoms. The Morgan fingerprint density at radius 2 is 2.25 bits per heavy atom. The molecule has 6 nitrogen and oxygen atoms in total. The number of amides is 1. The molecule has 0 saturated carbocycles. The van der Waals surface area contributed by atoms with Gasteiger partial charge in [0.2, 0.25) is 5.91 Å². The number of thiophene rings is 1. The van der Waals surface area contributed by atoms with Crippen molar-refractivity contribution in [3.8, 4) is 10.6 Å². The van der Waals surface area contributed by atoms with Crippen molar-refractivity contribution in [2.24, 2.45) is 5.92 Å². The fourth-order valence-corrected chi connectivity index (χ4v) is 4.64. The lowest BCUT2D eigenvalue weighted by Gasteiger charge is -2.32. The third-order valence-corrected chi connectivity index (χ3v) is 6.82. The highest BCUT2D eigenvalue weighted by Gasteiger charge is 2.19. The highest BCUT2D eigenvalue weighted by atomic mass is 32.2. The quantitative estimate of drug-likeness (QED) is 0.635. The van der Waals surface area contributed by atoms with Gasteiger partial charge in [0.15, 0.2) is 5.76 Å². The summed E-state index contributed by atoms with van der Waals surface area (Å²) in [6.45, 7) is 5.33. The summed E-state index contributed by atoms with van der Waals surface area (Å²) >= 11 is 3.21. The molecular formula is C20H30N4O2S2. The lowest BCUT2D eigenvalue weighted by atomic mass is 9.97. The van der Waals surface area contributed by atoms with Gasteiger partial charge in [-0.2, -0.15) is 0 Å². The van der Waals surface area contributed by atoms with Crippen LogP contribution in [0.5, 0.6) is 0 Å². The third kappa shape index (κ3) is 6.92. The number of rotatable bonds is 10. The van der Waals surface area contributed by atoms with Crippen molar-refractivity contribution in [3.05, 3.63) is 29.3 Å². The fourth-order valence-electron chi connectivity index (χ4n) is 3.23. The monoisotopic (exact) mass is 422 g/mol. The van der Waals surface area contributed by atoms with Gasteiger partial charge in [0.05, 0.1) is 16.3 Å². The maximum Gasteiger partial charge on any atom is 0.230 e. The molecule has 0 spiro atoms. The first-order valence-electron chi connectivity index (χ1n) is 9.81. The van der Waals surface area contributed by atoms with E-state index in [0.717, 1.165) is 49.1 Å². The Morgan fingerprint density at radius 3 is 2.96 bits per heavy atom. The Balaban J connectivity index is 1.27. The predicted molar refractivity (Wildman–Crippen MR) is 117 cm³/mol. The normalized spacial score (nSPS) is 16.0. The van der Waals surface area contributed by atoms with Gasteiger partial charge in [0, 0.05) is 31.5 Å². The van der Waals surface area contributed by atoms with Crippen molar-refractivity contribution in [1.29, 1.82) is 0 Å². The van der Waals surface area contributed by atoms with Crippen LogP contribution in [0.3, 0.4) is 0 Å². The summed E-state index contributed by atoms with van der Waals surface area (Å²) < 4.78 is 5.37. The highest BCUT2D eigenvalue weighted by molar-refractivity contribution is 7.99. The number of thioether (sulfide) groups is 1. The van der Waals surface area contributed by atoms with Crippen molar-refractivity contribution in [3.63, 3.8) is 0 Å². The molecule has 1 N–H and O–H groups in total. The minimum Gasteiger partial charge on any atom is -0.355 e. The summed E-state index contributed by atoms with van der Waals surface area (Å²) in [5.41, 5.74) is 0.881. The van der Waals surface area contributed by atoms with Gasteiger partial charge >= 0.3 is 0 Å². The molecule has 2 aromatic rings. The number of carbonyl (C=O) groups is 1. The molecule has 1 aliphatic heterocycles. The van der Waals surface area contributed by atoms with E-state index in [1.165, 1.54) is 12.8 Å². The molecule has 0 aromatic carbocycles. The van der Waals surface area contributed by atoms with Crippen LogP contribution in [0.1, 0.15) is 18.5 Å². The van der Waals surface area contributed by atoms with Crippen LogP contribution >= 0.6 is 23.1 Å². The number of hydrogen-bond donors (Lipinski definition) is 1. The molecule has 28 heavy (non-hydrogen) atoms. The van der Waals surface area contributed by atoms with Crippen molar-refractivity contribution in [2.45, 2.75) is 18.6 Å². The maximum absolute atomic E-state index is 12.1. The number of likely N-dealkylation sites (N-methyl/N-ethyl adjacent to an activating group) is 1. The minimum atomic E-state index is 0.113. The van der Waals surface area contributed by atoms with Gasteiger partial charge in [-0.25, -0.2) is 0 Å². The molecule has 0 atom stereocenters. The van der Waals surface area contributed by atoms with Crippen molar-refractivity contribution in [1.82, 2.24) is 20.3 Å². The molecular weight excluding hydrogens is 392 g/mol. The van der Waals surface area contributed by atoms with E-state index in [0.29, 0.717) is 17.4 Å². The highest BCUT2D eigenvalue weighted by Crippen LogP contribution is 2.26. The molecule has 2 aromatic heterocycles. The molecule has 0 radical (unpaired) electrons. The van der Waals surface area contributed by atoms with Crippen LogP contribution in [0, 0.1) is 5.92 Å². The fraction of sp³-hybridized carbons (Fsp3) is 0.600. The second-order valence-corrected chi connectivity index (χ2v) is 9.48. The Labute approximate surface area is 175 Å². The Hall–Kier alpha value is -1.35. The zero-order valence-corrected chi connectivity index (χ0v) is 18.4. The lowest BCUT2D eigenvalue weighted by Crippen LogP contribution is -2.41. The van der Waals surface area contributed by atoms with Crippen molar-refractivity contribution in [2.75, 3.05) is 52.6 Å². The first-order chi connectivity index (χ1) is 13.6. The van der Waals surface area contributed by atoms with Gasteiger partial charge < -0.3 is 19.6 Å². The number of aromatic nitrogens is 1. The minimum absolute atomic E-state index is 0.113. The first-order valence-corrected chi connectivity index (χ1v) is 11.8. The smallest absolute Gasteiger partial charge is 0.230 e. The average Bonchev–Trinajstić information content (AvgIpc) is 3.37. The second-order valence-electron chi connectivity index (χ2n) is 7.54. The van der Waals surface area contributed by atoms with Gasteiger partial charge in [-0.05, 0) is 57.4 Å². The number of piperidine rings is 1. The van der Waals surface area contributed by atoms with Crippen LogP contribution in [-0.4, -0.2) is 73.4 Å². The van der Waals surface area contributed by atoms with Crippen LogP contribution in [-0.2, 0) is 10.5 Å². The number of nitrogens with zero attached hydrogens (tertiary/aromatic N) is 3. The number of hydrogen-bond acceptors (Lipinski definition) is 7. The molecule has 8 heteroatoms. The average molecular weight is 423 g/mol. The Bertz CT molecular complexity index is 710. The van der Waals surface area contributed by atoms with E-state index in [9.17, 15) is 4.79 Å². The van der Waals surface area contributed by atoms with Gasteiger partial charge in [-0.1, -0.05) is 11.2 Å². The zero-order valence-electron chi connectivity index (χ0n) is 16.7. The van der Waals surface area contributed by atoms with Crippen LogP contribution < -0.4 is 5.32 Å². The summed E-state index contributed by atoms with van der Waals surface area (Å²) in [6.07, 6.45) is 2.34. The first kappa shape index (κ1) is 21.4. The Kier molecular flexibility index (Phi) is 8.39. The van der Waals surface area contributed by atoms with E-state index in [2.05, 4.69) is 34.4 Å². The zero-order chi connectivity index (χ0) is 19.8. The van der Waals surface area contributed by atoms with E-state index in [1.54, 1.807) is 23.1 Å². The number of carbonyl (C=O) groups excluding carboxylic acids is 1. The lowest BCUT2D eigenvalue weighted by molar-refractivity contribution is -0.118. The van der Waals surface area contributed by atoms with Crippen LogP contribution in [0.2, 0.25) is 0 Å². The van der Waals surface area contributed by atoms with E-state index >= 15 is 0 Å². The molecule has 1 amide bonds. The van der Waals surface area contributed by atoms with E-state index in [-0.39, 0.29) is 5.91 Å². The standard InChI is InChI=1S/C20H30N4O2S2/c1-23(2)9-10-24-7-5-16(6-8-24)13-21-20(25)15-27-14-17-12-18(26-22-17)19-4-3-11-28-19/h3-4,11-12,16H,5-10,13-15H2,1-2H3,(H,21,25). The summed E-state index contributed by atoms with van der Waals surface area (Å²) in [6, 6.07) is 5.97. The molecule has 3 rings (SSSR count). The molecule has 1 saturated heterocycles. The second kappa shape index (κ2) is 11.0. The number of likely N-dealkylation sites (tertiary alicyclic amines) is 1. The third-order valence-electron chi connectivity index (χ3n) is 4.96. The topological polar surface area (TPSA) is 61.6 Å². The Morgan fingerprint density at radius 1 is 1.43 bits per heavy atom. The molecule has 154 valence electrons. The van der Waals surface area contributed by atoms with E-state index in [4.69, 9.17) is 4.52 Å². The largest absolute Gasteiger partial charge is 0.355 e. The number of nitrogens with one attached hydrogen (secondary N) is 1. The van der Waals surface area contributed by atoms with Crippen LogP contribution in [0.15, 0.2) is 28.1 Å². The molecule has 3 heterocycles. The van der Waals surface area contributed by atoms with Gasteiger partial charge in [0.1, 0.15) is 0 Å². The molecule has 1 aliphatic rings. The summed E-state index contributed by atoms with van der Waals surface area (Å²) in [5.74, 6) is 2.66. The van der Waals surface area contributed by atoms with E-state index in [1.807, 2.05) is 23.6 Å². The summed E-state index contributed by atoms with van der Waals surface area (Å²) in [5, 5.41) is 9.21. The van der Waals surface area contributed by atoms with Gasteiger partial charge in [-0.15, -0.1) is 23.1 Å². The van der Waals surface area contributed by atoms with Gasteiger partial charge in [-0.3, -0.25) is 4.79 Å².